The Labute approximate surface area is 100 Å². The summed E-state index contributed by atoms with van der Waals surface area (Å²) in [5, 5.41) is 0. The summed E-state index contributed by atoms with van der Waals surface area (Å²) in [6.45, 7) is 2.38. The summed E-state index contributed by atoms with van der Waals surface area (Å²) in [4.78, 5) is 0. The maximum Gasteiger partial charge on any atom is -0.147 e. The van der Waals surface area contributed by atoms with Crippen LogP contribution in [0.1, 0.15) is 19.8 Å². The molecule has 0 heterocycles. The Morgan fingerprint density at radius 2 is 1.57 bits per heavy atom. The molecule has 0 aromatic carbocycles. The van der Waals surface area contributed by atoms with Crippen LogP contribution >= 0.6 is 12.4 Å². The van der Waals surface area contributed by atoms with E-state index in [1.54, 1.807) is 0 Å². The average Bonchev–Trinajstić information content (AvgIpc) is 2.76. The van der Waals surface area contributed by atoms with Gasteiger partial charge in [0.15, 0.2) is 0 Å². The van der Waals surface area contributed by atoms with Crippen molar-refractivity contribution in [2.75, 3.05) is 0 Å². The van der Waals surface area contributed by atoms with Crippen LogP contribution in [-0.2, 0) is 21.4 Å². The summed E-state index contributed by atoms with van der Waals surface area (Å²) in [5.41, 5.74) is 0. The van der Waals surface area contributed by atoms with Gasteiger partial charge in [-0.15, -0.1) is 12.4 Å². The van der Waals surface area contributed by atoms with E-state index in [1.807, 2.05) is 6.66 Å². The van der Waals surface area contributed by atoms with Crippen molar-refractivity contribution in [3.63, 3.8) is 0 Å². The molecule has 2 aliphatic carbocycles. The fourth-order valence-electron chi connectivity index (χ4n) is 2.00. The zero-order valence-corrected chi connectivity index (χ0v) is 12.9. The van der Waals surface area contributed by atoms with E-state index in [2.05, 4.69) is 43.4 Å². The molecule has 0 atom stereocenters. The summed E-state index contributed by atoms with van der Waals surface area (Å²) in [6.07, 6.45) is 16.4. The molecule has 0 N–H and O–H groups in total. The summed E-state index contributed by atoms with van der Waals surface area (Å²) >= 11 is -1.48. The van der Waals surface area contributed by atoms with E-state index in [-0.39, 0.29) is 12.4 Å². The van der Waals surface area contributed by atoms with Gasteiger partial charge >= 0.3 is 88.5 Å². The molecule has 0 unspecified atom stereocenters. The van der Waals surface area contributed by atoms with E-state index in [0.29, 0.717) is 0 Å². The third-order valence-corrected chi connectivity index (χ3v) is 13.4. The minimum absolute atomic E-state index is 0. The molecule has 75 valence electrons. The normalized spacial score (nSPS) is 17.8. The van der Waals surface area contributed by atoms with Gasteiger partial charge in [0.2, 0.25) is 0 Å². The largest absolute Gasteiger partial charge is 0.147 e. The number of rotatable bonds is 3. The van der Waals surface area contributed by atoms with Crippen molar-refractivity contribution in [3.05, 3.63) is 43.1 Å². The van der Waals surface area contributed by atoms with Crippen molar-refractivity contribution in [1.82, 2.24) is 0 Å². The van der Waals surface area contributed by atoms with E-state index in [0.717, 1.165) is 0 Å². The van der Waals surface area contributed by atoms with E-state index in [4.69, 9.17) is 0 Å². The van der Waals surface area contributed by atoms with Gasteiger partial charge in [0.1, 0.15) is 0 Å². The number of halogens is 1. The zero-order chi connectivity index (χ0) is 9.10. The van der Waals surface area contributed by atoms with Gasteiger partial charge in [-0.1, -0.05) is 0 Å². The second-order valence-electron chi connectivity index (χ2n) is 3.48. The van der Waals surface area contributed by atoms with Gasteiger partial charge in [-0.05, 0) is 0 Å². The van der Waals surface area contributed by atoms with Crippen molar-refractivity contribution >= 4 is 12.4 Å². The number of hydrogen-bond acceptors (Lipinski definition) is 0. The van der Waals surface area contributed by atoms with Crippen LogP contribution in [0.25, 0.3) is 0 Å². The fourth-order valence-corrected chi connectivity index (χ4v) is 11.5. The summed E-state index contributed by atoms with van der Waals surface area (Å²) in [6, 6.07) is 0. The molecule has 0 saturated heterocycles. The Kier molecular flexibility index (Phi) is 5.11. The van der Waals surface area contributed by atoms with Gasteiger partial charge in [-0.3, -0.25) is 0 Å². The maximum atomic E-state index is 2.38. The molecular weight excluding hydrogens is 358 g/mol. The van der Waals surface area contributed by atoms with Crippen LogP contribution in [0, 0.1) is 0 Å². The molecule has 0 nitrogen and oxygen atoms in total. The zero-order valence-electron chi connectivity index (χ0n) is 8.49. The topological polar surface area (TPSA) is 0 Å². The first-order chi connectivity index (χ1) is 6.42. The van der Waals surface area contributed by atoms with Crippen molar-refractivity contribution in [1.29, 1.82) is 0 Å². The third-order valence-electron chi connectivity index (χ3n) is 2.67. The quantitative estimate of drug-likeness (QED) is 0.651. The van der Waals surface area contributed by atoms with Gasteiger partial charge in [0, 0.05) is 0 Å². The Bertz CT molecular complexity index is 280. The van der Waals surface area contributed by atoms with Crippen molar-refractivity contribution in [2.24, 2.45) is 0 Å². The van der Waals surface area contributed by atoms with Crippen LogP contribution < -0.4 is 0 Å². The Hall–Kier alpha value is 0.120. The molecule has 0 saturated carbocycles. The molecule has 0 aliphatic heterocycles. The fraction of sp³-hybridized carbons (Fsp3) is 0.333. The smallest absolute Gasteiger partial charge is 0.147 e. The van der Waals surface area contributed by atoms with Crippen molar-refractivity contribution in [2.45, 2.75) is 23.9 Å². The van der Waals surface area contributed by atoms with E-state index >= 15 is 0 Å². The van der Waals surface area contributed by atoms with Gasteiger partial charge in [0.25, 0.3) is 0 Å². The van der Waals surface area contributed by atoms with Gasteiger partial charge in [-0.25, -0.2) is 0 Å². The van der Waals surface area contributed by atoms with E-state index in [1.165, 1.54) is 17.0 Å². The Balaban J connectivity index is 0.000000980. The van der Waals surface area contributed by atoms with Crippen LogP contribution in [0.4, 0.5) is 0 Å². The molecule has 0 bridgehead atoms. The van der Waals surface area contributed by atoms with Gasteiger partial charge in [-0.2, -0.15) is 0 Å². The molecule has 0 amide bonds. The van der Waals surface area contributed by atoms with Crippen LogP contribution in [0.3, 0.4) is 0 Å². The van der Waals surface area contributed by atoms with Crippen molar-refractivity contribution < 1.29 is 21.4 Å². The van der Waals surface area contributed by atoms with Gasteiger partial charge in [0.05, 0.1) is 0 Å². The van der Waals surface area contributed by atoms with Crippen LogP contribution in [0.5, 0.6) is 0 Å². The molecule has 2 rings (SSSR count). The average molecular weight is 374 g/mol. The molecule has 0 radical (unpaired) electrons. The molecule has 2 heteroatoms. The second kappa shape index (κ2) is 5.87. The summed E-state index contributed by atoms with van der Waals surface area (Å²) < 4.78 is 5.07. The Morgan fingerprint density at radius 1 is 1.07 bits per heavy atom. The number of hydrogen-bond donors (Lipinski definition) is 0. The predicted molar refractivity (Wildman–Crippen MR) is 61.4 cm³/mol. The Morgan fingerprint density at radius 3 is 1.86 bits per heavy atom. The first-order valence-electron chi connectivity index (χ1n) is 4.99. The van der Waals surface area contributed by atoms with Crippen LogP contribution in [0.2, 0.25) is 4.18 Å². The van der Waals surface area contributed by atoms with Crippen molar-refractivity contribution in [3.8, 4) is 0 Å². The molecule has 0 fully saturated rings. The third kappa shape index (κ3) is 2.58. The number of allylic oxidation sites excluding steroid dienone is 8. The standard InChI is InChI=1S/2C5H5.C2H5.ClH.Hf/c2*1-2-4-5-3-1;1-2;;/h2*1-3H,4H2;1H2,2H3;1H;. The molecule has 2 aliphatic rings. The second-order valence-corrected chi connectivity index (χ2v) is 14.1. The summed E-state index contributed by atoms with van der Waals surface area (Å²) in [5.74, 6) is 0. The van der Waals surface area contributed by atoms with Gasteiger partial charge < -0.3 is 0 Å². The van der Waals surface area contributed by atoms with E-state index in [9.17, 15) is 0 Å². The molecular formula is C12H16ClHf. The first kappa shape index (κ1) is 12.2. The van der Waals surface area contributed by atoms with Crippen LogP contribution in [0.15, 0.2) is 43.1 Å². The first-order valence-corrected chi connectivity index (χ1v) is 11.1. The molecule has 0 aromatic heterocycles. The monoisotopic (exact) mass is 375 g/mol. The minimum atomic E-state index is -1.48. The summed E-state index contributed by atoms with van der Waals surface area (Å²) in [7, 11) is 0. The van der Waals surface area contributed by atoms with Crippen LogP contribution in [-0.4, -0.2) is 0 Å². The predicted octanol–water partition coefficient (Wildman–Crippen LogP) is 4.15. The maximum absolute atomic E-state index is 2.38. The molecule has 14 heavy (non-hydrogen) atoms. The van der Waals surface area contributed by atoms with E-state index < -0.39 is 21.4 Å². The SMILES string of the molecule is C[CH2][Hf]([C]1=CC=CC1)[C]1=CC=CC1.Cl. The molecule has 0 spiro atoms. The minimum Gasteiger partial charge on any atom is -0.147 e. The molecule has 0 aromatic rings.